The van der Waals surface area contributed by atoms with Gasteiger partial charge in [0.2, 0.25) is 5.88 Å². The first-order valence-electron chi connectivity index (χ1n) is 6.53. The number of hydrogen-bond acceptors (Lipinski definition) is 3. The van der Waals surface area contributed by atoms with Crippen LogP contribution in [0.4, 0.5) is 0 Å². The lowest BCUT2D eigenvalue weighted by atomic mass is 9.89. The highest BCUT2D eigenvalue weighted by atomic mass is 16.5. The van der Waals surface area contributed by atoms with Crippen LogP contribution in [0.25, 0.3) is 0 Å². The SMILES string of the molecule is CC1CCCC(Oc2cc([C@@H](C)N)ccn2)C1. The van der Waals surface area contributed by atoms with Gasteiger partial charge in [0.05, 0.1) is 0 Å². The Bertz CT molecular complexity index is 365. The van der Waals surface area contributed by atoms with Crippen LogP contribution in [0.5, 0.6) is 5.88 Å². The number of nitrogens with zero attached hydrogens (tertiary/aromatic N) is 1. The van der Waals surface area contributed by atoms with Gasteiger partial charge in [0.1, 0.15) is 6.10 Å². The van der Waals surface area contributed by atoms with Crippen molar-refractivity contribution in [3.8, 4) is 5.88 Å². The second-order valence-corrected chi connectivity index (χ2v) is 5.23. The van der Waals surface area contributed by atoms with Gasteiger partial charge in [-0.1, -0.05) is 13.3 Å². The van der Waals surface area contributed by atoms with Gasteiger partial charge in [-0.05, 0) is 43.7 Å². The Balaban J connectivity index is 2.00. The predicted molar refractivity (Wildman–Crippen MR) is 68.9 cm³/mol. The van der Waals surface area contributed by atoms with Gasteiger partial charge in [-0.2, -0.15) is 0 Å². The number of nitrogens with two attached hydrogens (primary N) is 1. The predicted octanol–water partition coefficient (Wildman–Crippen LogP) is 3.06. The van der Waals surface area contributed by atoms with E-state index in [4.69, 9.17) is 10.5 Å². The smallest absolute Gasteiger partial charge is 0.213 e. The minimum absolute atomic E-state index is 0.0330. The Morgan fingerprint density at radius 2 is 2.29 bits per heavy atom. The molecule has 1 aromatic heterocycles. The molecule has 1 fully saturated rings. The lowest BCUT2D eigenvalue weighted by Crippen LogP contribution is -2.24. The van der Waals surface area contributed by atoms with Crippen LogP contribution in [0.3, 0.4) is 0 Å². The van der Waals surface area contributed by atoms with Crippen molar-refractivity contribution >= 4 is 0 Å². The number of ether oxygens (including phenoxy) is 1. The van der Waals surface area contributed by atoms with Crippen LogP contribution in [0, 0.1) is 5.92 Å². The third kappa shape index (κ3) is 3.43. The largest absolute Gasteiger partial charge is 0.474 e. The average molecular weight is 234 g/mol. The standard InChI is InChI=1S/C14H22N2O/c1-10-4-3-5-13(8-10)17-14-9-12(11(2)15)6-7-16-14/h6-7,9-11,13H,3-5,8,15H2,1-2H3/t10?,11-,13?/m1/s1. The van der Waals surface area contributed by atoms with E-state index < -0.39 is 0 Å². The van der Waals surface area contributed by atoms with Crippen LogP contribution in [0.1, 0.15) is 51.1 Å². The van der Waals surface area contributed by atoms with Crippen LogP contribution < -0.4 is 10.5 Å². The molecule has 0 saturated heterocycles. The first-order valence-corrected chi connectivity index (χ1v) is 6.53. The van der Waals surface area contributed by atoms with Crippen LogP contribution in [0.15, 0.2) is 18.3 Å². The summed E-state index contributed by atoms with van der Waals surface area (Å²) in [5.74, 6) is 1.49. The molecule has 0 spiro atoms. The van der Waals surface area contributed by atoms with Gasteiger partial charge in [0, 0.05) is 18.3 Å². The van der Waals surface area contributed by atoms with E-state index in [0.29, 0.717) is 6.10 Å². The summed E-state index contributed by atoms with van der Waals surface area (Å²) in [5, 5.41) is 0. The maximum Gasteiger partial charge on any atom is 0.213 e. The third-order valence-electron chi connectivity index (χ3n) is 3.46. The van der Waals surface area contributed by atoms with E-state index >= 15 is 0 Å². The highest BCUT2D eigenvalue weighted by Crippen LogP contribution is 2.27. The van der Waals surface area contributed by atoms with Crippen molar-refractivity contribution < 1.29 is 4.74 Å². The van der Waals surface area contributed by atoms with Crippen molar-refractivity contribution in [2.24, 2.45) is 11.7 Å². The van der Waals surface area contributed by atoms with E-state index in [2.05, 4.69) is 11.9 Å². The second kappa shape index (κ2) is 5.50. The quantitative estimate of drug-likeness (QED) is 0.874. The first kappa shape index (κ1) is 12.4. The monoisotopic (exact) mass is 234 g/mol. The van der Waals surface area contributed by atoms with Gasteiger partial charge >= 0.3 is 0 Å². The molecular formula is C14H22N2O. The number of pyridine rings is 1. The van der Waals surface area contributed by atoms with Crippen molar-refractivity contribution in [3.63, 3.8) is 0 Å². The zero-order chi connectivity index (χ0) is 12.3. The van der Waals surface area contributed by atoms with E-state index in [1.807, 2.05) is 19.1 Å². The summed E-state index contributed by atoms with van der Waals surface area (Å²) in [7, 11) is 0. The summed E-state index contributed by atoms with van der Waals surface area (Å²) < 4.78 is 5.95. The van der Waals surface area contributed by atoms with Crippen molar-refractivity contribution in [2.75, 3.05) is 0 Å². The van der Waals surface area contributed by atoms with Crippen LogP contribution in [-0.4, -0.2) is 11.1 Å². The van der Waals surface area contributed by atoms with Gasteiger partial charge in [-0.25, -0.2) is 4.98 Å². The fraction of sp³-hybridized carbons (Fsp3) is 0.643. The Hall–Kier alpha value is -1.09. The lowest BCUT2D eigenvalue weighted by molar-refractivity contribution is 0.124. The van der Waals surface area contributed by atoms with Crippen LogP contribution in [-0.2, 0) is 0 Å². The Kier molecular flexibility index (Phi) is 4.00. The van der Waals surface area contributed by atoms with Crippen molar-refractivity contribution in [1.82, 2.24) is 4.98 Å². The summed E-state index contributed by atoms with van der Waals surface area (Å²) >= 11 is 0. The van der Waals surface area contributed by atoms with Crippen molar-refractivity contribution in [3.05, 3.63) is 23.9 Å². The number of aromatic nitrogens is 1. The van der Waals surface area contributed by atoms with Crippen molar-refractivity contribution in [2.45, 2.75) is 51.7 Å². The van der Waals surface area contributed by atoms with Gasteiger partial charge in [0.15, 0.2) is 0 Å². The van der Waals surface area contributed by atoms with Gasteiger partial charge < -0.3 is 10.5 Å². The zero-order valence-corrected chi connectivity index (χ0v) is 10.7. The summed E-state index contributed by atoms with van der Waals surface area (Å²) in [6, 6.07) is 3.94. The molecule has 0 aromatic carbocycles. The molecule has 94 valence electrons. The summed E-state index contributed by atoms with van der Waals surface area (Å²) in [4.78, 5) is 4.26. The molecule has 2 rings (SSSR count). The molecule has 3 nitrogen and oxygen atoms in total. The number of rotatable bonds is 3. The maximum absolute atomic E-state index is 5.95. The summed E-state index contributed by atoms with van der Waals surface area (Å²) in [6.07, 6.45) is 6.99. The number of hydrogen-bond donors (Lipinski definition) is 1. The highest BCUT2D eigenvalue weighted by Gasteiger charge is 2.20. The molecule has 17 heavy (non-hydrogen) atoms. The minimum Gasteiger partial charge on any atom is -0.474 e. The molecule has 0 bridgehead atoms. The molecule has 2 N–H and O–H groups in total. The topological polar surface area (TPSA) is 48.1 Å². The fourth-order valence-corrected chi connectivity index (χ4v) is 2.43. The summed E-state index contributed by atoms with van der Waals surface area (Å²) in [5.41, 5.74) is 6.94. The van der Waals surface area contributed by atoms with Gasteiger partial charge in [0.25, 0.3) is 0 Å². The normalized spacial score (nSPS) is 26.5. The van der Waals surface area contributed by atoms with Crippen LogP contribution >= 0.6 is 0 Å². The Morgan fingerprint density at radius 1 is 1.47 bits per heavy atom. The van der Waals surface area contributed by atoms with Gasteiger partial charge in [-0.3, -0.25) is 0 Å². The molecular weight excluding hydrogens is 212 g/mol. The molecule has 1 aromatic rings. The molecule has 0 radical (unpaired) electrons. The molecule has 3 heteroatoms. The highest BCUT2D eigenvalue weighted by molar-refractivity contribution is 5.23. The molecule has 1 saturated carbocycles. The Labute approximate surface area is 103 Å². The van der Waals surface area contributed by atoms with Crippen molar-refractivity contribution in [1.29, 1.82) is 0 Å². The van der Waals surface area contributed by atoms with E-state index in [1.54, 1.807) is 6.20 Å². The molecule has 2 unspecified atom stereocenters. The zero-order valence-electron chi connectivity index (χ0n) is 10.7. The van der Waals surface area contributed by atoms with E-state index in [-0.39, 0.29) is 6.04 Å². The Morgan fingerprint density at radius 3 is 3.00 bits per heavy atom. The molecule has 0 amide bonds. The fourth-order valence-electron chi connectivity index (χ4n) is 2.43. The third-order valence-corrected chi connectivity index (χ3v) is 3.46. The summed E-state index contributed by atoms with van der Waals surface area (Å²) in [6.45, 7) is 4.27. The molecule has 1 aliphatic rings. The van der Waals surface area contributed by atoms with E-state index in [9.17, 15) is 0 Å². The molecule has 3 atom stereocenters. The minimum atomic E-state index is 0.0330. The maximum atomic E-state index is 5.95. The first-order chi connectivity index (χ1) is 8.15. The second-order valence-electron chi connectivity index (χ2n) is 5.23. The van der Waals surface area contributed by atoms with Crippen LogP contribution in [0.2, 0.25) is 0 Å². The molecule has 0 aliphatic heterocycles. The average Bonchev–Trinajstić information content (AvgIpc) is 2.29. The molecule has 1 aliphatic carbocycles. The van der Waals surface area contributed by atoms with Gasteiger partial charge in [-0.15, -0.1) is 0 Å². The lowest BCUT2D eigenvalue weighted by Gasteiger charge is -2.27. The van der Waals surface area contributed by atoms with E-state index in [0.717, 1.165) is 30.2 Å². The molecule has 1 heterocycles. The van der Waals surface area contributed by atoms with E-state index in [1.165, 1.54) is 12.8 Å².